The van der Waals surface area contributed by atoms with Gasteiger partial charge in [0, 0.05) is 25.8 Å². The van der Waals surface area contributed by atoms with E-state index >= 15 is 0 Å². The Kier molecular flexibility index (Phi) is 5.57. The van der Waals surface area contributed by atoms with Gasteiger partial charge >= 0.3 is 0 Å². The number of aromatic nitrogens is 2. The van der Waals surface area contributed by atoms with Crippen LogP contribution in [0, 0.1) is 6.92 Å². The van der Waals surface area contributed by atoms with Gasteiger partial charge in [0.25, 0.3) is 10.0 Å². The van der Waals surface area contributed by atoms with Crippen LogP contribution < -0.4 is 4.72 Å². The Labute approximate surface area is 158 Å². The number of hydrogen-bond acceptors (Lipinski definition) is 5. The molecule has 2 aromatic rings. The van der Waals surface area contributed by atoms with Gasteiger partial charge < -0.3 is 4.74 Å². The lowest BCUT2D eigenvalue weighted by Crippen LogP contribution is -2.38. The minimum absolute atomic E-state index is 0.0000512. The van der Waals surface area contributed by atoms with Gasteiger partial charge in [0.2, 0.25) is 0 Å². The summed E-state index contributed by atoms with van der Waals surface area (Å²) in [6.45, 7) is 7.21. The Morgan fingerprint density at radius 2 is 2.04 bits per heavy atom. The molecule has 0 bridgehead atoms. The summed E-state index contributed by atoms with van der Waals surface area (Å²) < 4.78 is 35.0. The first-order valence-corrected chi connectivity index (χ1v) is 10.3. The lowest BCUT2D eigenvalue weighted by molar-refractivity contribution is -0.0281. The van der Waals surface area contributed by atoms with Crippen LogP contribution in [0.3, 0.4) is 0 Å². The first-order chi connectivity index (χ1) is 12.3. The lowest BCUT2D eigenvalue weighted by Gasteiger charge is -2.32. The van der Waals surface area contributed by atoms with Crippen molar-refractivity contribution in [2.24, 2.45) is 7.05 Å². The molecule has 9 heteroatoms. The number of hydrogen-bond donors (Lipinski definition) is 1. The largest absolute Gasteiger partial charge is 0.371 e. The molecular formula is C17H23ClN4O3S. The highest BCUT2D eigenvalue weighted by molar-refractivity contribution is 7.92. The molecule has 1 aromatic heterocycles. The first-order valence-electron chi connectivity index (χ1n) is 8.47. The second kappa shape index (κ2) is 7.56. The highest BCUT2D eigenvalue weighted by Crippen LogP contribution is 2.28. The van der Waals surface area contributed by atoms with Gasteiger partial charge in [0.15, 0.2) is 0 Å². The van der Waals surface area contributed by atoms with Gasteiger partial charge in [-0.3, -0.25) is 14.3 Å². The molecule has 2 heterocycles. The van der Waals surface area contributed by atoms with Crippen LogP contribution in [0.25, 0.3) is 0 Å². The smallest absolute Gasteiger partial charge is 0.266 e. The van der Waals surface area contributed by atoms with Gasteiger partial charge in [-0.1, -0.05) is 30.7 Å². The van der Waals surface area contributed by atoms with Gasteiger partial charge in [-0.05, 0) is 31.2 Å². The molecule has 7 nitrogen and oxygen atoms in total. The standard InChI is InChI=1S/C17H23ClN4O3S/c1-4-22-9-10-25-15(11-22)13-5-7-14(8-6-13)20-26(23,24)16-12(2)19-21(3)17(16)18/h5-8,15,20H,4,9-11H2,1-3H3. The Balaban J connectivity index is 1.77. The molecule has 1 atom stereocenters. The average Bonchev–Trinajstić information content (AvgIpc) is 2.88. The topological polar surface area (TPSA) is 76.5 Å². The normalized spacial score (nSPS) is 18.8. The number of halogens is 1. The predicted octanol–water partition coefficient (Wildman–Crippen LogP) is 2.58. The van der Waals surface area contributed by atoms with E-state index < -0.39 is 10.0 Å². The maximum atomic E-state index is 12.6. The van der Waals surface area contributed by atoms with E-state index in [0.29, 0.717) is 18.0 Å². The van der Waals surface area contributed by atoms with Crippen molar-refractivity contribution in [1.82, 2.24) is 14.7 Å². The van der Waals surface area contributed by atoms with Crippen molar-refractivity contribution in [2.75, 3.05) is 31.0 Å². The zero-order chi connectivity index (χ0) is 18.9. The summed E-state index contributed by atoms with van der Waals surface area (Å²) in [5.74, 6) is 0. The third-order valence-electron chi connectivity index (χ3n) is 4.50. The number of nitrogens with one attached hydrogen (secondary N) is 1. The molecule has 1 saturated heterocycles. The van der Waals surface area contributed by atoms with Crippen molar-refractivity contribution in [3.05, 3.63) is 40.7 Å². The van der Waals surface area contributed by atoms with E-state index in [9.17, 15) is 8.42 Å². The molecule has 1 aliphatic heterocycles. The maximum Gasteiger partial charge on any atom is 0.266 e. The molecule has 1 unspecified atom stereocenters. The highest BCUT2D eigenvalue weighted by atomic mass is 35.5. The molecule has 0 aliphatic carbocycles. The Bertz CT molecular complexity index is 880. The van der Waals surface area contributed by atoms with E-state index in [-0.39, 0.29) is 16.2 Å². The Morgan fingerprint density at radius 1 is 1.35 bits per heavy atom. The molecular weight excluding hydrogens is 376 g/mol. The fraction of sp³-hybridized carbons (Fsp3) is 0.471. The van der Waals surface area contributed by atoms with Crippen LogP contribution in [0.1, 0.15) is 24.3 Å². The first kappa shape index (κ1) is 19.2. The van der Waals surface area contributed by atoms with Crippen molar-refractivity contribution in [1.29, 1.82) is 0 Å². The van der Waals surface area contributed by atoms with Crippen molar-refractivity contribution in [2.45, 2.75) is 24.8 Å². The number of morpholine rings is 1. The number of ether oxygens (including phenoxy) is 1. The molecule has 142 valence electrons. The zero-order valence-electron chi connectivity index (χ0n) is 15.1. The fourth-order valence-electron chi connectivity index (χ4n) is 3.08. The number of nitrogens with zero attached hydrogens (tertiary/aromatic N) is 3. The molecule has 0 amide bonds. The highest BCUT2D eigenvalue weighted by Gasteiger charge is 2.26. The van der Waals surface area contributed by atoms with Crippen molar-refractivity contribution >= 4 is 27.3 Å². The van der Waals surface area contributed by atoms with Crippen LogP contribution in [0.4, 0.5) is 5.69 Å². The second-order valence-corrected chi connectivity index (χ2v) is 8.29. The monoisotopic (exact) mass is 398 g/mol. The lowest BCUT2D eigenvalue weighted by atomic mass is 10.1. The van der Waals surface area contributed by atoms with Gasteiger partial charge in [0.05, 0.1) is 18.4 Å². The minimum Gasteiger partial charge on any atom is -0.371 e. The van der Waals surface area contributed by atoms with Crippen molar-refractivity contribution < 1.29 is 13.2 Å². The molecule has 3 rings (SSSR count). The van der Waals surface area contributed by atoms with Crippen molar-refractivity contribution in [3.63, 3.8) is 0 Å². The van der Waals surface area contributed by atoms with E-state index in [4.69, 9.17) is 16.3 Å². The van der Waals surface area contributed by atoms with Crippen molar-refractivity contribution in [3.8, 4) is 0 Å². The predicted molar refractivity (Wildman–Crippen MR) is 101 cm³/mol. The zero-order valence-corrected chi connectivity index (χ0v) is 16.6. The van der Waals surface area contributed by atoms with Gasteiger partial charge in [-0.15, -0.1) is 0 Å². The number of sulfonamides is 1. The summed E-state index contributed by atoms with van der Waals surface area (Å²) in [5.41, 5.74) is 1.86. The molecule has 1 N–H and O–H groups in total. The Morgan fingerprint density at radius 3 is 2.62 bits per heavy atom. The van der Waals surface area contributed by atoms with E-state index in [1.54, 1.807) is 26.1 Å². The van der Waals surface area contributed by atoms with E-state index in [1.807, 2.05) is 12.1 Å². The van der Waals surface area contributed by atoms with Crippen LogP contribution in [0.15, 0.2) is 29.2 Å². The summed E-state index contributed by atoms with van der Waals surface area (Å²) in [6.07, 6.45) is 0.00405. The summed E-state index contributed by atoms with van der Waals surface area (Å²) in [6, 6.07) is 7.25. The number of likely N-dealkylation sites (N-methyl/N-ethyl adjacent to an activating group) is 1. The number of anilines is 1. The van der Waals surface area contributed by atoms with Crippen LogP contribution in [0.5, 0.6) is 0 Å². The molecule has 0 spiro atoms. The fourth-order valence-corrected chi connectivity index (χ4v) is 4.89. The summed E-state index contributed by atoms with van der Waals surface area (Å²) in [4.78, 5) is 2.33. The minimum atomic E-state index is -3.81. The quantitative estimate of drug-likeness (QED) is 0.837. The third-order valence-corrected chi connectivity index (χ3v) is 6.58. The number of rotatable bonds is 5. The van der Waals surface area contributed by atoms with E-state index in [0.717, 1.165) is 25.2 Å². The van der Waals surface area contributed by atoms with Crippen LogP contribution >= 0.6 is 11.6 Å². The molecule has 0 radical (unpaired) electrons. The molecule has 1 fully saturated rings. The summed E-state index contributed by atoms with van der Waals surface area (Å²) >= 11 is 6.08. The van der Waals surface area contributed by atoms with Crippen LogP contribution in [0.2, 0.25) is 5.15 Å². The maximum absolute atomic E-state index is 12.6. The Hall–Kier alpha value is -1.61. The van der Waals surface area contributed by atoms with Crippen LogP contribution in [-0.2, 0) is 21.8 Å². The molecule has 0 saturated carbocycles. The number of aryl methyl sites for hydroxylation is 2. The molecule has 1 aliphatic rings. The molecule has 1 aromatic carbocycles. The SMILES string of the molecule is CCN1CCOC(c2ccc(NS(=O)(=O)c3c(C)nn(C)c3Cl)cc2)C1. The van der Waals surface area contributed by atoms with E-state index in [2.05, 4.69) is 21.6 Å². The van der Waals surface area contributed by atoms with Gasteiger partial charge in [0.1, 0.15) is 10.0 Å². The van der Waals surface area contributed by atoms with Gasteiger partial charge in [-0.25, -0.2) is 8.42 Å². The van der Waals surface area contributed by atoms with E-state index in [1.165, 1.54) is 4.68 Å². The number of benzene rings is 1. The van der Waals surface area contributed by atoms with Crippen LogP contribution in [-0.4, -0.2) is 49.3 Å². The summed E-state index contributed by atoms with van der Waals surface area (Å²) in [7, 11) is -2.20. The third kappa shape index (κ3) is 3.88. The van der Waals surface area contributed by atoms with Gasteiger partial charge in [-0.2, -0.15) is 5.10 Å². The second-order valence-electron chi connectivity index (χ2n) is 6.31. The molecule has 26 heavy (non-hydrogen) atoms. The average molecular weight is 399 g/mol. The summed E-state index contributed by atoms with van der Waals surface area (Å²) in [5, 5.41) is 4.14.